The van der Waals surface area contributed by atoms with E-state index in [1.54, 1.807) is 36.3 Å². The van der Waals surface area contributed by atoms with Crippen LogP contribution in [0, 0.1) is 0 Å². The van der Waals surface area contributed by atoms with Crippen molar-refractivity contribution in [2.45, 2.75) is 17.9 Å². The highest BCUT2D eigenvalue weighted by molar-refractivity contribution is 7.98. The highest BCUT2D eigenvalue weighted by Crippen LogP contribution is 2.22. The normalized spacial score (nSPS) is 10.6. The second-order valence-electron chi connectivity index (χ2n) is 5.26. The molecule has 0 atom stereocenters. The molecule has 1 N–H and O–H groups in total. The molecule has 0 saturated carbocycles. The average molecular weight is 374 g/mol. The molecule has 0 radical (unpaired) electrons. The number of thioether (sulfide) groups is 1. The minimum absolute atomic E-state index is 0.107. The monoisotopic (exact) mass is 373 g/mol. The summed E-state index contributed by atoms with van der Waals surface area (Å²) in [5.74, 6) is 1.07. The van der Waals surface area contributed by atoms with Gasteiger partial charge in [0.25, 0.3) is 0 Å². The van der Waals surface area contributed by atoms with Gasteiger partial charge in [-0.15, -0.1) is 11.8 Å². The van der Waals surface area contributed by atoms with Crippen molar-refractivity contribution in [2.75, 3.05) is 11.6 Å². The molecule has 2 aromatic heterocycles. The SMILES string of the molecule is CSc1ccc(NC(=O)CCc2ncc(-c3ccc(Cl)cc3)o2)cn1. The fourth-order valence-electron chi connectivity index (χ4n) is 2.19. The van der Waals surface area contributed by atoms with Gasteiger partial charge in [-0.1, -0.05) is 11.6 Å². The van der Waals surface area contributed by atoms with Crippen LogP contribution in [-0.4, -0.2) is 22.1 Å². The van der Waals surface area contributed by atoms with Gasteiger partial charge in [-0.05, 0) is 42.7 Å². The summed E-state index contributed by atoms with van der Waals surface area (Å²) in [6, 6.07) is 11.0. The molecule has 0 bridgehead atoms. The van der Waals surface area contributed by atoms with Gasteiger partial charge in [0.1, 0.15) is 0 Å². The van der Waals surface area contributed by atoms with Crippen LogP contribution in [0.15, 0.2) is 58.2 Å². The van der Waals surface area contributed by atoms with E-state index in [4.69, 9.17) is 16.0 Å². The zero-order valence-corrected chi connectivity index (χ0v) is 15.1. The van der Waals surface area contributed by atoms with Crippen molar-refractivity contribution >= 4 is 35.0 Å². The molecule has 128 valence electrons. The van der Waals surface area contributed by atoms with Crippen LogP contribution in [0.3, 0.4) is 0 Å². The lowest BCUT2D eigenvalue weighted by atomic mass is 10.2. The molecule has 2 heterocycles. The van der Waals surface area contributed by atoms with Crippen molar-refractivity contribution in [1.82, 2.24) is 9.97 Å². The summed E-state index contributed by atoms with van der Waals surface area (Å²) in [5.41, 5.74) is 1.57. The van der Waals surface area contributed by atoms with Gasteiger partial charge >= 0.3 is 0 Å². The molecule has 3 aromatic rings. The number of carbonyl (C=O) groups is 1. The summed E-state index contributed by atoms with van der Waals surface area (Å²) >= 11 is 7.43. The Labute approximate surface area is 154 Å². The summed E-state index contributed by atoms with van der Waals surface area (Å²) in [5, 5.41) is 4.39. The zero-order chi connectivity index (χ0) is 17.6. The molecule has 1 aromatic carbocycles. The lowest BCUT2D eigenvalue weighted by molar-refractivity contribution is -0.116. The third-order valence-electron chi connectivity index (χ3n) is 3.48. The van der Waals surface area contributed by atoms with E-state index in [1.165, 1.54) is 0 Å². The van der Waals surface area contributed by atoms with E-state index >= 15 is 0 Å². The van der Waals surface area contributed by atoms with E-state index < -0.39 is 0 Å². The van der Waals surface area contributed by atoms with Crippen LogP contribution in [0.1, 0.15) is 12.3 Å². The largest absolute Gasteiger partial charge is 0.441 e. The Kier molecular flexibility index (Phi) is 5.73. The van der Waals surface area contributed by atoms with Gasteiger partial charge in [-0.2, -0.15) is 0 Å². The number of benzene rings is 1. The number of carbonyl (C=O) groups excluding carboxylic acids is 1. The molecule has 0 fully saturated rings. The topological polar surface area (TPSA) is 68.0 Å². The van der Waals surface area contributed by atoms with Gasteiger partial charge in [-0.25, -0.2) is 9.97 Å². The number of nitrogens with one attached hydrogen (secondary N) is 1. The number of hydrogen-bond acceptors (Lipinski definition) is 5. The quantitative estimate of drug-likeness (QED) is 0.635. The molecule has 3 rings (SSSR count). The minimum atomic E-state index is -0.107. The first-order chi connectivity index (χ1) is 12.1. The molecule has 0 spiro atoms. The van der Waals surface area contributed by atoms with Crippen LogP contribution in [0.5, 0.6) is 0 Å². The lowest BCUT2D eigenvalue weighted by Crippen LogP contribution is -2.12. The number of aryl methyl sites for hydroxylation is 1. The first-order valence-corrected chi connectivity index (χ1v) is 9.25. The number of pyridine rings is 1. The summed E-state index contributed by atoms with van der Waals surface area (Å²) in [7, 11) is 0. The molecule has 0 aliphatic carbocycles. The van der Waals surface area contributed by atoms with Crippen molar-refractivity contribution in [3.8, 4) is 11.3 Å². The Morgan fingerprint density at radius 1 is 1.16 bits per heavy atom. The van der Waals surface area contributed by atoms with E-state index in [-0.39, 0.29) is 12.3 Å². The molecule has 0 aliphatic heterocycles. The molecular weight excluding hydrogens is 358 g/mol. The number of hydrogen-bond donors (Lipinski definition) is 1. The summed E-state index contributed by atoms with van der Waals surface area (Å²) in [6.45, 7) is 0. The predicted octanol–water partition coefficient (Wildman–Crippen LogP) is 4.68. The van der Waals surface area contributed by atoms with Crippen LogP contribution in [0.4, 0.5) is 5.69 Å². The molecule has 1 amide bonds. The van der Waals surface area contributed by atoms with Crippen LogP contribution >= 0.6 is 23.4 Å². The van der Waals surface area contributed by atoms with E-state index in [0.717, 1.165) is 10.6 Å². The maximum Gasteiger partial charge on any atom is 0.224 e. The molecule has 7 heteroatoms. The number of nitrogens with zero attached hydrogens (tertiary/aromatic N) is 2. The van der Waals surface area contributed by atoms with Gasteiger partial charge in [0.2, 0.25) is 5.91 Å². The first kappa shape index (κ1) is 17.5. The number of rotatable bonds is 6. The van der Waals surface area contributed by atoms with Crippen LogP contribution in [0.2, 0.25) is 5.02 Å². The number of anilines is 1. The standard InChI is InChI=1S/C18H16ClN3O2S/c1-25-18-9-6-14(10-21-18)22-16(23)7-8-17-20-11-15(24-17)12-2-4-13(19)5-3-12/h2-6,9-11H,7-8H2,1H3,(H,22,23). The van der Waals surface area contributed by atoms with Crippen LogP contribution in [0.25, 0.3) is 11.3 Å². The van der Waals surface area contributed by atoms with Crippen molar-refractivity contribution in [3.05, 3.63) is 59.7 Å². The number of aromatic nitrogens is 2. The van der Waals surface area contributed by atoms with E-state index in [9.17, 15) is 4.79 Å². The molecule has 0 saturated heterocycles. The molecule has 0 aliphatic rings. The number of oxazole rings is 1. The lowest BCUT2D eigenvalue weighted by Gasteiger charge is -2.04. The van der Waals surface area contributed by atoms with E-state index in [0.29, 0.717) is 28.8 Å². The van der Waals surface area contributed by atoms with E-state index in [1.807, 2.05) is 30.5 Å². The summed E-state index contributed by atoms with van der Waals surface area (Å²) in [6.07, 6.45) is 5.96. The molecule has 0 unspecified atom stereocenters. The maximum atomic E-state index is 12.0. The zero-order valence-electron chi connectivity index (χ0n) is 13.5. The van der Waals surface area contributed by atoms with Crippen molar-refractivity contribution < 1.29 is 9.21 Å². The Bertz CT molecular complexity index is 848. The fraction of sp³-hybridized carbons (Fsp3) is 0.167. The second kappa shape index (κ2) is 8.18. The van der Waals surface area contributed by atoms with Crippen LogP contribution in [-0.2, 0) is 11.2 Å². The van der Waals surface area contributed by atoms with Gasteiger partial charge in [0.05, 0.1) is 23.1 Å². The van der Waals surface area contributed by atoms with Gasteiger partial charge in [-0.3, -0.25) is 4.79 Å². The smallest absolute Gasteiger partial charge is 0.224 e. The van der Waals surface area contributed by atoms with Crippen molar-refractivity contribution in [1.29, 1.82) is 0 Å². The molecular formula is C18H16ClN3O2S. The Balaban J connectivity index is 1.54. The molecule has 5 nitrogen and oxygen atoms in total. The third-order valence-corrected chi connectivity index (χ3v) is 4.39. The van der Waals surface area contributed by atoms with Gasteiger partial charge < -0.3 is 9.73 Å². The predicted molar refractivity (Wildman–Crippen MR) is 99.9 cm³/mol. The maximum absolute atomic E-state index is 12.0. The fourth-order valence-corrected chi connectivity index (χ4v) is 2.68. The third kappa shape index (κ3) is 4.84. The summed E-state index contributed by atoms with van der Waals surface area (Å²) in [4.78, 5) is 20.5. The first-order valence-electron chi connectivity index (χ1n) is 7.64. The Morgan fingerprint density at radius 2 is 1.96 bits per heavy atom. The Hall–Kier alpha value is -2.31. The number of halogens is 1. The minimum Gasteiger partial charge on any atom is -0.441 e. The number of amides is 1. The Morgan fingerprint density at radius 3 is 2.64 bits per heavy atom. The van der Waals surface area contributed by atoms with Gasteiger partial charge in [0.15, 0.2) is 11.7 Å². The highest BCUT2D eigenvalue weighted by Gasteiger charge is 2.09. The highest BCUT2D eigenvalue weighted by atomic mass is 35.5. The summed E-state index contributed by atoms with van der Waals surface area (Å²) < 4.78 is 5.69. The van der Waals surface area contributed by atoms with Crippen molar-refractivity contribution in [2.24, 2.45) is 0 Å². The molecule has 25 heavy (non-hydrogen) atoms. The van der Waals surface area contributed by atoms with Crippen molar-refractivity contribution in [3.63, 3.8) is 0 Å². The second-order valence-corrected chi connectivity index (χ2v) is 6.53. The van der Waals surface area contributed by atoms with Crippen LogP contribution < -0.4 is 5.32 Å². The average Bonchev–Trinajstić information content (AvgIpc) is 3.10. The van der Waals surface area contributed by atoms with E-state index in [2.05, 4.69) is 15.3 Å². The van der Waals surface area contributed by atoms with Gasteiger partial charge in [0, 0.05) is 23.4 Å².